The van der Waals surface area contributed by atoms with E-state index in [-0.39, 0.29) is 18.6 Å². The molecule has 0 bridgehead atoms. The average molecular weight is 575 g/mol. The van der Waals surface area contributed by atoms with Gasteiger partial charge in [0.25, 0.3) is 5.91 Å². The molecule has 2 amide bonds. The lowest BCUT2D eigenvalue weighted by atomic mass is 10.00. The SMILES string of the molecule is N#Cc1ccccc1-c1ccc(CSC[C@H](NC(=O)CCC(N)C(=O)O)C(=O)N(CC(=O)O)c2ccccc2)cc1. The molecule has 0 saturated carbocycles. The number of thioether (sulfide) groups is 1. The van der Waals surface area contributed by atoms with Crippen LogP contribution in [0, 0.1) is 11.3 Å². The molecule has 10 nitrogen and oxygen atoms in total. The molecule has 0 fully saturated rings. The number of anilines is 1. The van der Waals surface area contributed by atoms with Crippen LogP contribution >= 0.6 is 11.8 Å². The minimum absolute atomic E-state index is 0.117. The van der Waals surface area contributed by atoms with Crippen LogP contribution in [0.5, 0.6) is 0 Å². The Morgan fingerprint density at radius 2 is 1.61 bits per heavy atom. The van der Waals surface area contributed by atoms with E-state index in [1.807, 2.05) is 36.4 Å². The number of hydrogen-bond acceptors (Lipinski definition) is 7. The first-order chi connectivity index (χ1) is 19.7. The van der Waals surface area contributed by atoms with Crippen LogP contribution in [0.1, 0.15) is 24.0 Å². The highest BCUT2D eigenvalue weighted by atomic mass is 32.2. The Kier molecular flexibility index (Phi) is 11.5. The third-order valence-electron chi connectivity index (χ3n) is 6.13. The van der Waals surface area contributed by atoms with Crippen molar-refractivity contribution in [2.24, 2.45) is 5.73 Å². The quantitative estimate of drug-likeness (QED) is 0.225. The number of carbonyl (C=O) groups excluding carboxylic acids is 2. The van der Waals surface area contributed by atoms with Crippen molar-refractivity contribution in [3.8, 4) is 17.2 Å². The van der Waals surface area contributed by atoms with Gasteiger partial charge in [0, 0.05) is 23.6 Å². The lowest BCUT2D eigenvalue weighted by Crippen LogP contribution is -2.51. The van der Waals surface area contributed by atoms with E-state index >= 15 is 0 Å². The minimum atomic E-state index is -1.24. The summed E-state index contributed by atoms with van der Waals surface area (Å²) in [4.78, 5) is 49.9. The molecule has 0 aliphatic rings. The lowest BCUT2D eigenvalue weighted by molar-refractivity contribution is -0.139. The summed E-state index contributed by atoms with van der Waals surface area (Å²) >= 11 is 1.37. The number of benzene rings is 3. The van der Waals surface area contributed by atoms with Crippen molar-refractivity contribution >= 4 is 41.2 Å². The van der Waals surface area contributed by atoms with Gasteiger partial charge in [0.15, 0.2) is 0 Å². The molecule has 0 saturated heterocycles. The Balaban J connectivity index is 1.73. The largest absolute Gasteiger partial charge is 0.480 e. The summed E-state index contributed by atoms with van der Waals surface area (Å²) in [7, 11) is 0. The van der Waals surface area contributed by atoms with Crippen molar-refractivity contribution in [2.45, 2.75) is 30.7 Å². The smallest absolute Gasteiger partial charge is 0.323 e. The topological polar surface area (TPSA) is 174 Å². The van der Waals surface area contributed by atoms with Crippen LogP contribution in [0.4, 0.5) is 5.69 Å². The normalized spacial score (nSPS) is 12.0. The summed E-state index contributed by atoms with van der Waals surface area (Å²) in [5, 5.41) is 30.4. The van der Waals surface area contributed by atoms with Gasteiger partial charge in [0.05, 0.1) is 11.6 Å². The second kappa shape index (κ2) is 15.2. The Labute approximate surface area is 241 Å². The van der Waals surface area contributed by atoms with Gasteiger partial charge in [0.1, 0.15) is 18.6 Å². The molecule has 0 aromatic heterocycles. The second-order valence-corrected chi connectivity index (χ2v) is 10.2. The molecule has 3 aromatic rings. The maximum absolute atomic E-state index is 13.6. The fourth-order valence-corrected chi connectivity index (χ4v) is 4.99. The molecule has 212 valence electrons. The first kappa shape index (κ1) is 30.9. The van der Waals surface area contributed by atoms with E-state index in [1.54, 1.807) is 42.5 Å². The average Bonchev–Trinajstić information content (AvgIpc) is 2.98. The predicted octanol–water partition coefficient (Wildman–Crippen LogP) is 3.25. The number of nitriles is 1. The van der Waals surface area contributed by atoms with Crippen LogP contribution in [0.25, 0.3) is 11.1 Å². The fraction of sp³-hybridized carbons (Fsp3) is 0.233. The first-order valence-corrected chi connectivity index (χ1v) is 13.9. The van der Waals surface area contributed by atoms with Crippen molar-refractivity contribution in [2.75, 3.05) is 17.2 Å². The van der Waals surface area contributed by atoms with Crippen LogP contribution in [-0.2, 0) is 24.9 Å². The van der Waals surface area contributed by atoms with Gasteiger partial charge in [-0.1, -0.05) is 60.7 Å². The van der Waals surface area contributed by atoms with Crippen molar-refractivity contribution in [3.63, 3.8) is 0 Å². The summed E-state index contributed by atoms with van der Waals surface area (Å²) in [6, 6.07) is 23.1. The maximum Gasteiger partial charge on any atom is 0.323 e. The van der Waals surface area contributed by atoms with E-state index in [2.05, 4.69) is 11.4 Å². The molecule has 0 aliphatic carbocycles. The molecule has 41 heavy (non-hydrogen) atoms. The number of rotatable bonds is 14. The summed E-state index contributed by atoms with van der Waals surface area (Å²) < 4.78 is 0. The zero-order chi connectivity index (χ0) is 29.8. The van der Waals surface area contributed by atoms with Crippen molar-refractivity contribution in [1.29, 1.82) is 5.26 Å². The third kappa shape index (κ3) is 9.20. The van der Waals surface area contributed by atoms with Gasteiger partial charge in [-0.05, 0) is 41.3 Å². The first-order valence-electron chi connectivity index (χ1n) is 12.7. The number of nitrogens with zero attached hydrogens (tertiary/aromatic N) is 2. The van der Waals surface area contributed by atoms with Gasteiger partial charge >= 0.3 is 11.9 Å². The van der Waals surface area contributed by atoms with Gasteiger partial charge in [0.2, 0.25) is 5.91 Å². The molecule has 11 heteroatoms. The van der Waals surface area contributed by atoms with Crippen LogP contribution in [-0.4, -0.2) is 58.3 Å². The summed E-state index contributed by atoms with van der Waals surface area (Å²) in [5.74, 6) is -2.99. The molecule has 0 radical (unpaired) electrons. The lowest BCUT2D eigenvalue weighted by Gasteiger charge is -2.27. The van der Waals surface area contributed by atoms with Gasteiger partial charge < -0.3 is 21.3 Å². The monoisotopic (exact) mass is 574 g/mol. The number of aliphatic carboxylic acids is 2. The molecule has 0 aliphatic heterocycles. The molecule has 1 unspecified atom stereocenters. The minimum Gasteiger partial charge on any atom is -0.480 e. The number of nitrogens with one attached hydrogen (secondary N) is 1. The zero-order valence-electron chi connectivity index (χ0n) is 22.1. The van der Waals surface area contributed by atoms with E-state index < -0.39 is 42.4 Å². The molecule has 5 N–H and O–H groups in total. The summed E-state index contributed by atoms with van der Waals surface area (Å²) in [6.45, 7) is -0.602. The number of para-hydroxylation sites is 1. The van der Waals surface area contributed by atoms with E-state index in [1.165, 1.54) is 11.8 Å². The van der Waals surface area contributed by atoms with Gasteiger partial charge in [-0.25, -0.2) is 0 Å². The zero-order valence-corrected chi connectivity index (χ0v) is 22.9. The van der Waals surface area contributed by atoms with E-state index in [4.69, 9.17) is 10.8 Å². The van der Waals surface area contributed by atoms with Gasteiger partial charge in [-0.3, -0.25) is 24.1 Å². The molecular formula is C30H30N4O6S. The maximum atomic E-state index is 13.6. The van der Waals surface area contributed by atoms with E-state index in [0.29, 0.717) is 17.0 Å². The Morgan fingerprint density at radius 3 is 2.24 bits per heavy atom. The van der Waals surface area contributed by atoms with Crippen molar-refractivity contribution in [3.05, 3.63) is 90.0 Å². The highest BCUT2D eigenvalue weighted by Crippen LogP contribution is 2.25. The van der Waals surface area contributed by atoms with Crippen LogP contribution in [0.3, 0.4) is 0 Å². The van der Waals surface area contributed by atoms with E-state index in [9.17, 15) is 29.5 Å². The number of carbonyl (C=O) groups is 4. The summed E-state index contributed by atoms with van der Waals surface area (Å²) in [6.07, 6.45) is -0.328. The Morgan fingerprint density at radius 1 is 0.951 bits per heavy atom. The Hall–Kier alpha value is -4.66. The van der Waals surface area contributed by atoms with Crippen LogP contribution < -0.4 is 16.0 Å². The van der Waals surface area contributed by atoms with Crippen molar-refractivity contribution < 1.29 is 29.4 Å². The van der Waals surface area contributed by atoms with Crippen LogP contribution in [0.2, 0.25) is 0 Å². The van der Waals surface area contributed by atoms with Crippen molar-refractivity contribution in [1.82, 2.24) is 5.32 Å². The standard InChI is InChI=1S/C30H30N4O6S/c31-16-22-6-4-5-9-24(22)21-12-10-20(11-13-21)18-41-19-26(33-27(35)15-14-25(32)30(39)40)29(38)34(17-28(36)37)23-7-2-1-3-8-23/h1-13,25-26H,14-15,17-19,32H2,(H,33,35)(H,36,37)(H,39,40)/t25?,26-/m0/s1. The number of carboxylic acids is 2. The molecule has 3 aromatic carbocycles. The number of carboxylic acid groups (broad SMARTS) is 2. The summed E-state index contributed by atoms with van der Waals surface area (Å²) in [5.41, 5.74) is 9.10. The molecule has 0 spiro atoms. The third-order valence-corrected chi connectivity index (χ3v) is 7.23. The van der Waals surface area contributed by atoms with Gasteiger partial charge in [-0.15, -0.1) is 0 Å². The molecule has 2 atom stereocenters. The predicted molar refractivity (Wildman–Crippen MR) is 156 cm³/mol. The number of amides is 2. The Bertz CT molecular complexity index is 1410. The van der Waals surface area contributed by atoms with Gasteiger partial charge in [-0.2, -0.15) is 17.0 Å². The molecule has 0 heterocycles. The second-order valence-electron chi connectivity index (χ2n) is 9.13. The number of hydrogen-bond donors (Lipinski definition) is 4. The number of nitrogens with two attached hydrogens (primary N) is 1. The molecule has 3 rings (SSSR count). The molecular weight excluding hydrogens is 544 g/mol. The fourth-order valence-electron chi connectivity index (χ4n) is 3.99. The highest BCUT2D eigenvalue weighted by molar-refractivity contribution is 7.98. The van der Waals surface area contributed by atoms with Crippen LogP contribution in [0.15, 0.2) is 78.9 Å². The van der Waals surface area contributed by atoms with E-state index in [0.717, 1.165) is 21.6 Å². The highest BCUT2D eigenvalue weighted by Gasteiger charge is 2.29.